The maximum absolute atomic E-state index is 11.8. The van der Waals surface area contributed by atoms with E-state index in [0.717, 1.165) is 11.8 Å². The molecule has 0 fully saturated rings. The van der Waals surface area contributed by atoms with E-state index in [-0.39, 0.29) is 24.9 Å². The van der Waals surface area contributed by atoms with Gasteiger partial charge in [-0.25, -0.2) is 13.1 Å². The van der Waals surface area contributed by atoms with Crippen molar-refractivity contribution in [1.82, 2.24) is 10.0 Å². The molecule has 1 heterocycles. The molecule has 2 N–H and O–H groups in total. The first-order valence-electron chi connectivity index (χ1n) is 6.99. The van der Waals surface area contributed by atoms with Crippen LogP contribution in [-0.2, 0) is 14.8 Å². The van der Waals surface area contributed by atoms with E-state index >= 15 is 0 Å². The van der Waals surface area contributed by atoms with Gasteiger partial charge >= 0.3 is 0 Å². The highest BCUT2D eigenvalue weighted by Gasteiger charge is 2.15. The van der Waals surface area contributed by atoms with E-state index in [4.69, 9.17) is 9.47 Å². The Morgan fingerprint density at radius 2 is 1.95 bits per heavy atom. The van der Waals surface area contributed by atoms with Crippen LogP contribution in [0.5, 0.6) is 11.5 Å². The second-order valence-corrected chi connectivity index (χ2v) is 6.94. The van der Waals surface area contributed by atoms with Crippen molar-refractivity contribution in [3.63, 3.8) is 0 Å². The highest BCUT2D eigenvalue weighted by molar-refractivity contribution is 7.88. The summed E-state index contributed by atoms with van der Waals surface area (Å²) in [4.78, 5) is 11.8. The lowest BCUT2D eigenvalue weighted by Gasteiger charge is -2.21. The summed E-state index contributed by atoms with van der Waals surface area (Å²) < 4.78 is 35.1. The third kappa shape index (κ3) is 4.88. The Balaban J connectivity index is 1.89. The van der Waals surface area contributed by atoms with E-state index < -0.39 is 10.0 Å². The van der Waals surface area contributed by atoms with Gasteiger partial charge in [-0.3, -0.25) is 4.79 Å². The van der Waals surface area contributed by atoms with E-state index in [9.17, 15) is 13.2 Å². The van der Waals surface area contributed by atoms with Crippen LogP contribution in [0.4, 0.5) is 0 Å². The molecule has 0 aliphatic carbocycles. The molecule has 1 aromatic rings. The third-order valence-electron chi connectivity index (χ3n) is 3.16. The minimum absolute atomic E-state index is 0.0819. The molecule has 0 saturated heterocycles. The molecule has 0 spiro atoms. The summed E-state index contributed by atoms with van der Waals surface area (Å²) in [5.74, 6) is 1.15. The SMILES string of the molecule is C[C@H](NC(=O)CCNS(C)(=O)=O)c1ccc2c(c1)OCCO2. The van der Waals surface area contributed by atoms with Gasteiger partial charge in [0.25, 0.3) is 0 Å². The van der Waals surface area contributed by atoms with Crippen molar-refractivity contribution in [2.75, 3.05) is 26.0 Å². The fourth-order valence-corrected chi connectivity index (χ4v) is 2.55. The smallest absolute Gasteiger partial charge is 0.221 e. The Morgan fingerprint density at radius 1 is 1.27 bits per heavy atom. The molecule has 2 rings (SSSR count). The normalized spacial score (nSPS) is 15.2. The molecular formula is C14H20N2O5S. The van der Waals surface area contributed by atoms with Crippen molar-refractivity contribution in [2.24, 2.45) is 0 Å². The molecule has 0 saturated carbocycles. The molecule has 0 aromatic heterocycles. The Morgan fingerprint density at radius 3 is 2.64 bits per heavy atom. The van der Waals surface area contributed by atoms with Gasteiger partial charge in [0.2, 0.25) is 15.9 Å². The van der Waals surface area contributed by atoms with Crippen LogP contribution < -0.4 is 19.5 Å². The monoisotopic (exact) mass is 328 g/mol. The summed E-state index contributed by atoms with van der Waals surface area (Å²) in [6.07, 6.45) is 1.14. The van der Waals surface area contributed by atoms with E-state index in [0.29, 0.717) is 24.7 Å². The zero-order valence-corrected chi connectivity index (χ0v) is 13.4. The van der Waals surface area contributed by atoms with Crippen LogP contribution in [0.15, 0.2) is 18.2 Å². The van der Waals surface area contributed by atoms with E-state index in [1.165, 1.54) is 0 Å². The van der Waals surface area contributed by atoms with Crippen molar-refractivity contribution in [2.45, 2.75) is 19.4 Å². The molecule has 122 valence electrons. The molecular weight excluding hydrogens is 308 g/mol. The Bertz CT molecular complexity index is 645. The molecule has 1 aliphatic rings. The summed E-state index contributed by atoms with van der Waals surface area (Å²) in [6, 6.07) is 5.32. The molecule has 7 nitrogen and oxygen atoms in total. The standard InChI is InChI=1S/C14H20N2O5S/c1-10(16-14(17)5-6-15-22(2,18)19)11-3-4-12-13(9-11)21-8-7-20-12/h3-4,9-10,15H,5-8H2,1-2H3,(H,16,17)/t10-/m0/s1. The molecule has 1 aliphatic heterocycles. The van der Waals surface area contributed by atoms with Gasteiger partial charge < -0.3 is 14.8 Å². The quantitative estimate of drug-likeness (QED) is 0.796. The zero-order valence-electron chi connectivity index (χ0n) is 12.6. The summed E-state index contributed by atoms with van der Waals surface area (Å²) in [5, 5.41) is 2.82. The van der Waals surface area contributed by atoms with Crippen molar-refractivity contribution >= 4 is 15.9 Å². The lowest BCUT2D eigenvalue weighted by atomic mass is 10.1. The molecule has 0 bridgehead atoms. The molecule has 0 radical (unpaired) electrons. The van der Waals surface area contributed by atoms with Crippen LogP contribution in [0.2, 0.25) is 0 Å². The predicted octanol–water partition coefficient (Wildman–Crippen LogP) is 0.574. The number of hydrogen-bond acceptors (Lipinski definition) is 5. The highest BCUT2D eigenvalue weighted by atomic mass is 32.2. The number of sulfonamides is 1. The van der Waals surface area contributed by atoms with Crippen LogP contribution in [-0.4, -0.2) is 40.3 Å². The van der Waals surface area contributed by atoms with Crippen LogP contribution in [0, 0.1) is 0 Å². The maximum atomic E-state index is 11.8. The number of carbonyl (C=O) groups excluding carboxylic acids is 1. The first kappa shape index (κ1) is 16.6. The zero-order chi connectivity index (χ0) is 16.2. The van der Waals surface area contributed by atoms with E-state index in [1.54, 1.807) is 0 Å². The number of amides is 1. The van der Waals surface area contributed by atoms with Crippen LogP contribution >= 0.6 is 0 Å². The second-order valence-electron chi connectivity index (χ2n) is 5.11. The van der Waals surface area contributed by atoms with Crippen molar-refractivity contribution in [1.29, 1.82) is 0 Å². The van der Waals surface area contributed by atoms with Gasteiger partial charge in [0, 0.05) is 13.0 Å². The lowest BCUT2D eigenvalue weighted by Crippen LogP contribution is -2.31. The predicted molar refractivity (Wildman–Crippen MR) is 81.5 cm³/mol. The summed E-state index contributed by atoms with van der Waals surface area (Å²) in [7, 11) is -3.27. The molecule has 1 atom stereocenters. The Hall–Kier alpha value is -1.80. The van der Waals surface area contributed by atoms with Gasteiger partial charge in [0.1, 0.15) is 13.2 Å². The number of carbonyl (C=O) groups is 1. The number of benzene rings is 1. The minimum Gasteiger partial charge on any atom is -0.486 e. The van der Waals surface area contributed by atoms with Crippen LogP contribution in [0.3, 0.4) is 0 Å². The topological polar surface area (TPSA) is 93.7 Å². The van der Waals surface area contributed by atoms with Crippen molar-refractivity contribution in [3.05, 3.63) is 23.8 Å². The number of nitrogens with one attached hydrogen (secondary N) is 2. The van der Waals surface area contributed by atoms with Gasteiger partial charge in [-0.1, -0.05) is 6.07 Å². The summed E-state index contributed by atoms with van der Waals surface area (Å²) >= 11 is 0. The largest absolute Gasteiger partial charge is 0.486 e. The fraction of sp³-hybridized carbons (Fsp3) is 0.500. The third-order valence-corrected chi connectivity index (χ3v) is 3.89. The summed E-state index contributed by atoms with van der Waals surface area (Å²) in [6.45, 7) is 2.98. The van der Waals surface area contributed by atoms with E-state index in [2.05, 4.69) is 10.0 Å². The fourth-order valence-electron chi connectivity index (χ4n) is 2.08. The van der Waals surface area contributed by atoms with Gasteiger partial charge in [0.05, 0.1) is 12.3 Å². The summed E-state index contributed by atoms with van der Waals surface area (Å²) in [5.41, 5.74) is 0.897. The molecule has 1 aromatic carbocycles. The number of fused-ring (bicyclic) bond motifs is 1. The van der Waals surface area contributed by atoms with Gasteiger partial charge in [-0.05, 0) is 24.6 Å². The average Bonchev–Trinajstić information content (AvgIpc) is 2.45. The molecule has 8 heteroatoms. The van der Waals surface area contributed by atoms with Crippen LogP contribution in [0.25, 0.3) is 0 Å². The molecule has 22 heavy (non-hydrogen) atoms. The maximum Gasteiger partial charge on any atom is 0.221 e. The number of rotatable bonds is 6. The molecule has 0 unspecified atom stereocenters. The number of hydrogen-bond donors (Lipinski definition) is 2. The highest BCUT2D eigenvalue weighted by Crippen LogP contribution is 2.32. The first-order chi connectivity index (χ1) is 10.3. The number of ether oxygens (including phenoxy) is 2. The minimum atomic E-state index is -3.27. The molecule has 1 amide bonds. The average molecular weight is 328 g/mol. The van der Waals surface area contributed by atoms with E-state index in [1.807, 2.05) is 25.1 Å². The Kier molecular flexibility index (Phi) is 5.25. The van der Waals surface area contributed by atoms with Crippen molar-refractivity contribution < 1.29 is 22.7 Å². The van der Waals surface area contributed by atoms with Gasteiger partial charge in [0.15, 0.2) is 11.5 Å². The van der Waals surface area contributed by atoms with Crippen molar-refractivity contribution in [3.8, 4) is 11.5 Å². The first-order valence-corrected chi connectivity index (χ1v) is 8.88. The Labute approximate surface area is 130 Å². The lowest BCUT2D eigenvalue weighted by molar-refractivity contribution is -0.121. The van der Waals surface area contributed by atoms with Crippen LogP contribution in [0.1, 0.15) is 24.9 Å². The van der Waals surface area contributed by atoms with Gasteiger partial charge in [-0.15, -0.1) is 0 Å². The second kappa shape index (κ2) is 6.97. The van der Waals surface area contributed by atoms with Gasteiger partial charge in [-0.2, -0.15) is 0 Å².